The van der Waals surface area contributed by atoms with Crippen molar-refractivity contribution in [1.29, 1.82) is 0 Å². The van der Waals surface area contributed by atoms with Crippen molar-refractivity contribution in [3.63, 3.8) is 0 Å². The highest BCUT2D eigenvalue weighted by Crippen LogP contribution is 2.31. The van der Waals surface area contributed by atoms with Gasteiger partial charge < -0.3 is 19.3 Å². The van der Waals surface area contributed by atoms with Crippen LogP contribution in [0.1, 0.15) is 18.1 Å². The molecule has 1 unspecified atom stereocenters. The maximum atomic E-state index is 9.71. The minimum absolute atomic E-state index is 0.634. The number of hydrogen-bond donors (Lipinski definition) is 0. The summed E-state index contributed by atoms with van der Waals surface area (Å²) >= 11 is 9.87. The van der Waals surface area contributed by atoms with Crippen LogP contribution in [0.15, 0.2) is 42.5 Å². The van der Waals surface area contributed by atoms with Crippen LogP contribution in [0.5, 0.6) is 11.5 Å². The van der Waals surface area contributed by atoms with E-state index in [4.69, 9.17) is 27.9 Å². The molecule has 0 radical (unpaired) electrons. The summed E-state index contributed by atoms with van der Waals surface area (Å²) in [7, 11) is 6.25. The average Bonchev–Trinajstić information content (AvgIpc) is 2.61. The van der Waals surface area contributed by atoms with Crippen molar-refractivity contribution in [3.05, 3.63) is 53.6 Å². The van der Waals surface area contributed by atoms with Gasteiger partial charge in [-0.3, -0.25) is 0 Å². The summed E-state index contributed by atoms with van der Waals surface area (Å²) in [6.45, 7) is 3.60. The van der Waals surface area contributed by atoms with E-state index in [1.807, 2.05) is 26.2 Å². The van der Waals surface area contributed by atoms with Gasteiger partial charge >= 0.3 is 5.43 Å². The first-order valence-electron chi connectivity index (χ1n) is 9.01. The van der Waals surface area contributed by atoms with E-state index in [0.717, 1.165) is 31.0 Å². The third-order valence-electron chi connectivity index (χ3n) is 4.25. The van der Waals surface area contributed by atoms with Crippen molar-refractivity contribution in [1.82, 2.24) is 4.90 Å². The van der Waals surface area contributed by atoms with Crippen LogP contribution in [-0.2, 0) is 17.7 Å². The molecule has 0 saturated heterocycles. The Bertz CT molecular complexity index is 780. The van der Waals surface area contributed by atoms with Gasteiger partial charge in [0.2, 0.25) is 0 Å². The predicted octanol–water partition coefficient (Wildman–Crippen LogP) is 5.48. The van der Waals surface area contributed by atoms with Crippen molar-refractivity contribution < 1.29 is 14.3 Å². The van der Waals surface area contributed by atoms with Crippen molar-refractivity contribution in [2.24, 2.45) is 0 Å². The highest BCUT2D eigenvalue weighted by molar-refractivity contribution is 6.61. The minimum Gasteiger partial charge on any atom is -0.457 e. The molecule has 0 N–H and O–H groups in total. The standard InChI is InChI=1S/C18H22N2O.C3H4Cl2O2/c1-19(2)15-7-9-16(10-8-15)21-18-6-4-5-14-13-20(3)12-11-17(14)18;1-2(4)7-3(5)6/h4-10H,11-13H2,1-3H3;2H,1H3. The first-order chi connectivity index (χ1) is 13.3. The number of hydrogen-bond acceptors (Lipinski definition) is 5. The number of ether oxygens (including phenoxy) is 2. The quantitative estimate of drug-likeness (QED) is 0.479. The lowest BCUT2D eigenvalue weighted by Crippen LogP contribution is -2.26. The van der Waals surface area contributed by atoms with E-state index in [2.05, 4.69) is 51.9 Å². The molecule has 1 heterocycles. The number of likely N-dealkylation sites (N-methyl/N-ethyl adjacent to an activating group) is 1. The Balaban J connectivity index is 0.000000345. The number of carbonyl (C=O) groups excluding carboxylic acids is 1. The van der Waals surface area contributed by atoms with Crippen LogP contribution in [0.2, 0.25) is 0 Å². The van der Waals surface area contributed by atoms with E-state index in [0.29, 0.717) is 0 Å². The smallest absolute Gasteiger partial charge is 0.405 e. The van der Waals surface area contributed by atoms with E-state index in [9.17, 15) is 4.79 Å². The van der Waals surface area contributed by atoms with Crippen LogP contribution in [0.3, 0.4) is 0 Å². The molecule has 152 valence electrons. The normalized spacial score (nSPS) is 14.2. The van der Waals surface area contributed by atoms with Gasteiger partial charge in [-0.15, -0.1) is 0 Å². The number of benzene rings is 2. The molecule has 1 aliphatic rings. The molecule has 0 bridgehead atoms. The van der Waals surface area contributed by atoms with Gasteiger partial charge in [0, 0.05) is 50.0 Å². The first-order valence-corrected chi connectivity index (χ1v) is 9.82. The second-order valence-electron chi connectivity index (χ2n) is 6.77. The number of anilines is 1. The zero-order valence-electron chi connectivity index (χ0n) is 16.6. The third kappa shape index (κ3) is 6.89. The van der Waals surface area contributed by atoms with Gasteiger partial charge in [-0.1, -0.05) is 23.7 Å². The fourth-order valence-electron chi connectivity index (χ4n) is 2.88. The second-order valence-corrected chi connectivity index (χ2v) is 7.69. The molecule has 5 nitrogen and oxygen atoms in total. The molecule has 1 aliphatic heterocycles. The Morgan fingerprint density at radius 2 is 1.86 bits per heavy atom. The monoisotopic (exact) mass is 424 g/mol. The van der Waals surface area contributed by atoms with Gasteiger partial charge in [-0.2, -0.15) is 0 Å². The van der Waals surface area contributed by atoms with Crippen LogP contribution in [0.4, 0.5) is 10.5 Å². The Hall–Kier alpha value is -1.95. The third-order valence-corrected chi connectivity index (χ3v) is 4.43. The number of halogens is 2. The lowest BCUT2D eigenvalue weighted by molar-refractivity contribution is 0.166. The van der Waals surface area contributed by atoms with Gasteiger partial charge in [0.25, 0.3) is 0 Å². The number of alkyl halides is 1. The fraction of sp³-hybridized carbons (Fsp3) is 0.381. The summed E-state index contributed by atoms with van der Waals surface area (Å²) in [6.07, 6.45) is 1.05. The van der Waals surface area contributed by atoms with Crippen molar-refractivity contribution in [3.8, 4) is 11.5 Å². The average molecular weight is 425 g/mol. The Morgan fingerprint density at radius 1 is 1.18 bits per heavy atom. The molecule has 0 saturated carbocycles. The number of nitrogens with zero attached hydrogens (tertiary/aromatic N) is 2. The number of carbonyl (C=O) groups is 1. The van der Waals surface area contributed by atoms with E-state index >= 15 is 0 Å². The Labute approximate surface area is 176 Å². The first kappa shape index (κ1) is 22.3. The van der Waals surface area contributed by atoms with Crippen molar-refractivity contribution >= 4 is 34.3 Å². The molecule has 0 amide bonds. The Kier molecular flexibility index (Phi) is 8.42. The molecular weight excluding hydrogens is 399 g/mol. The molecule has 2 aromatic rings. The molecule has 7 heteroatoms. The fourth-order valence-corrected chi connectivity index (χ4v) is 3.14. The molecular formula is C21H26Cl2N2O3. The summed E-state index contributed by atoms with van der Waals surface area (Å²) in [5.41, 5.74) is 2.41. The van der Waals surface area contributed by atoms with Gasteiger partial charge in [-0.25, -0.2) is 4.79 Å². The molecule has 28 heavy (non-hydrogen) atoms. The molecule has 1 atom stereocenters. The minimum atomic E-state index is -0.873. The maximum absolute atomic E-state index is 9.71. The zero-order valence-corrected chi connectivity index (χ0v) is 18.1. The second kappa shape index (κ2) is 10.6. The van der Waals surface area contributed by atoms with Crippen LogP contribution in [-0.4, -0.2) is 43.6 Å². The lowest BCUT2D eigenvalue weighted by Gasteiger charge is -2.26. The van der Waals surface area contributed by atoms with E-state index in [1.54, 1.807) is 0 Å². The van der Waals surface area contributed by atoms with Crippen LogP contribution in [0, 0.1) is 0 Å². The topological polar surface area (TPSA) is 42.0 Å². The van der Waals surface area contributed by atoms with Crippen LogP contribution >= 0.6 is 23.2 Å². The molecule has 0 fully saturated rings. The molecule has 2 aromatic carbocycles. The summed E-state index contributed by atoms with van der Waals surface area (Å²) < 4.78 is 10.3. The summed E-state index contributed by atoms with van der Waals surface area (Å²) in [4.78, 5) is 14.1. The van der Waals surface area contributed by atoms with Crippen LogP contribution < -0.4 is 9.64 Å². The van der Waals surface area contributed by atoms with E-state index in [1.165, 1.54) is 23.7 Å². The predicted molar refractivity (Wildman–Crippen MR) is 115 cm³/mol. The largest absolute Gasteiger partial charge is 0.457 e. The van der Waals surface area contributed by atoms with E-state index in [-0.39, 0.29) is 0 Å². The van der Waals surface area contributed by atoms with Gasteiger partial charge in [-0.05, 0) is 56.3 Å². The van der Waals surface area contributed by atoms with Gasteiger partial charge in [0.05, 0.1) is 0 Å². The van der Waals surface area contributed by atoms with Crippen molar-refractivity contribution in [2.45, 2.75) is 25.5 Å². The SMILES string of the molecule is CC(Cl)OC(=O)Cl.CN1CCc2c(cccc2Oc2ccc(N(C)C)cc2)C1. The summed E-state index contributed by atoms with van der Waals surface area (Å²) in [6, 6.07) is 14.6. The Morgan fingerprint density at radius 3 is 2.39 bits per heavy atom. The molecule has 0 aliphatic carbocycles. The molecule has 3 rings (SSSR count). The zero-order chi connectivity index (χ0) is 20.7. The summed E-state index contributed by atoms with van der Waals surface area (Å²) in [5.74, 6) is 1.89. The lowest BCUT2D eigenvalue weighted by atomic mass is 9.99. The maximum Gasteiger partial charge on any atom is 0.405 e. The van der Waals surface area contributed by atoms with Gasteiger partial charge in [0.15, 0.2) is 5.56 Å². The van der Waals surface area contributed by atoms with Gasteiger partial charge in [0.1, 0.15) is 11.5 Å². The highest BCUT2D eigenvalue weighted by atomic mass is 35.5. The number of rotatable bonds is 4. The highest BCUT2D eigenvalue weighted by Gasteiger charge is 2.17. The summed E-state index contributed by atoms with van der Waals surface area (Å²) in [5, 5.41) is 0. The molecule has 0 aromatic heterocycles. The van der Waals surface area contributed by atoms with Crippen LogP contribution in [0.25, 0.3) is 0 Å². The van der Waals surface area contributed by atoms with Crippen molar-refractivity contribution in [2.75, 3.05) is 32.6 Å². The molecule has 0 spiro atoms. The number of fused-ring (bicyclic) bond motifs is 1. The van der Waals surface area contributed by atoms with E-state index < -0.39 is 11.0 Å².